The van der Waals surface area contributed by atoms with Crippen LogP contribution < -0.4 is 5.32 Å². The van der Waals surface area contributed by atoms with E-state index in [4.69, 9.17) is 10.00 Å². The summed E-state index contributed by atoms with van der Waals surface area (Å²) in [6, 6.07) is 2.27. The minimum atomic E-state index is -0.548. The molecular weight excluding hydrogens is 200 g/mol. The number of hydrogen-bond donors (Lipinski definition) is 1. The number of rotatable bonds is 7. The molecule has 16 heavy (non-hydrogen) atoms. The second-order valence-corrected chi connectivity index (χ2v) is 5.73. The lowest BCUT2D eigenvalue weighted by molar-refractivity contribution is 0.0767. The normalized spacial score (nSPS) is 15.5. The summed E-state index contributed by atoms with van der Waals surface area (Å²) in [6.45, 7) is 12.6. The Morgan fingerprint density at radius 1 is 1.25 bits per heavy atom. The van der Waals surface area contributed by atoms with Gasteiger partial charge in [0.05, 0.1) is 12.7 Å². The molecule has 94 valence electrons. The number of ether oxygens (including phenoxy) is 1. The van der Waals surface area contributed by atoms with E-state index in [9.17, 15) is 0 Å². The van der Waals surface area contributed by atoms with Gasteiger partial charge in [-0.3, -0.25) is 5.32 Å². The van der Waals surface area contributed by atoms with E-state index in [2.05, 4.69) is 39.1 Å². The fourth-order valence-corrected chi connectivity index (χ4v) is 1.18. The quantitative estimate of drug-likeness (QED) is 0.679. The van der Waals surface area contributed by atoms with Crippen molar-refractivity contribution >= 4 is 0 Å². The van der Waals surface area contributed by atoms with E-state index in [1.165, 1.54) is 0 Å². The molecular formula is C13H26N2O. The number of hydrogen-bond acceptors (Lipinski definition) is 3. The molecule has 0 aromatic rings. The first-order chi connectivity index (χ1) is 7.33. The summed E-state index contributed by atoms with van der Waals surface area (Å²) in [5.74, 6) is 0. The van der Waals surface area contributed by atoms with Gasteiger partial charge in [-0.25, -0.2) is 0 Å². The lowest BCUT2D eigenvalue weighted by atomic mass is 9.93. The molecule has 0 aliphatic carbocycles. The van der Waals surface area contributed by atoms with Gasteiger partial charge in [-0.2, -0.15) is 5.26 Å². The van der Waals surface area contributed by atoms with E-state index < -0.39 is 5.54 Å². The van der Waals surface area contributed by atoms with Gasteiger partial charge < -0.3 is 4.74 Å². The SMILES string of the molecule is CCCNC(C)(C#N)COCCC(C)(C)C. The molecule has 0 aromatic heterocycles. The van der Waals surface area contributed by atoms with Gasteiger partial charge in [-0.1, -0.05) is 27.7 Å². The molecule has 0 fully saturated rings. The molecule has 0 aromatic carbocycles. The predicted octanol–water partition coefficient (Wildman–Crippen LogP) is 2.72. The molecule has 0 amide bonds. The summed E-state index contributed by atoms with van der Waals surface area (Å²) in [4.78, 5) is 0. The first-order valence-electron chi connectivity index (χ1n) is 6.07. The summed E-state index contributed by atoms with van der Waals surface area (Å²) < 4.78 is 5.58. The topological polar surface area (TPSA) is 45.0 Å². The highest BCUT2D eigenvalue weighted by atomic mass is 16.5. The molecule has 0 rings (SSSR count). The van der Waals surface area contributed by atoms with Crippen LogP contribution in [0.25, 0.3) is 0 Å². The number of nitrogens with one attached hydrogen (secondary N) is 1. The third kappa shape index (κ3) is 7.67. The second kappa shape index (κ2) is 6.88. The molecule has 1 N–H and O–H groups in total. The Hall–Kier alpha value is -0.590. The van der Waals surface area contributed by atoms with E-state index in [0.717, 1.165) is 19.4 Å². The minimum Gasteiger partial charge on any atom is -0.378 e. The first-order valence-corrected chi connectivity index (χ1v) is 6.07. The average molecular weight is 226 g/mol. The Kier molecular flexibility index (Phi) is 6.62. The van der Waals surface area contributed by atoms with Crippen LogP contribution in [-0.2, 0) is 4.74 Å². The Balaban J connectivity index is 3.84. The number of nitriles is 1. The van der Waals surface area contributed by atoms with Crippen molar-refractivity contribution in [3.63, 3.8) is 0 Å². The molecule has 0 spiro atoms. The second-order valence-electron chi connectivity index (χ2n) is 5.73. The van der Waals surface area contributed by atoms with Crippen molar-refractivity contribution < 1.29 is 4.74 Å². The summed E-state index contributed by atoms with van der Waals surface area (Å²) in [5.41, 5.74) is -0.256. The smallest absolute Gasteiger partial charge is 0.127 e. The standard InChI is InChI=1S/C13H26N2O/c1-6-8-15-13(5,10-14)11-16-9-7-12(2,3)4/h15H,6-9,11H2,1-5H3. The summed E-state index contributed by atoms with van der Waals surface area (Å²) in [6.07, 6.45) is 2.04. The largest absolute Gasteiger partial charge is 0.378 e. The van der Waals surface area contributed by atoms with E-state index in [-0.39, 0.29) is 0 Å². The zero-order valence-electron chi connectivity index (χ0n) is 11.4. The molecule has 1 atom stereocenters. The first kappa shape index (κ1) is 15.4. The number of nitrogens with zero attached hydrogens (tertiary/aromatic N) is 1. The summed E-state index contributed by atoms with van der Waals surface area (Å²) in [7, 11) is 0. The zero-order chi connectivity index (χ0) is 12.7. The van der Waals surface area contributed by atoms with E-state index >= 15 is 0 Å². The molecule has 3 nitrogen and oxygen atoms in total. The van der Waals surface area contributed by atoms with Crippen molar-refractivity contribution in [3.05, 3.63) is 0 Å². The van der Waals surface area contributed by atoms with Gasteiger partial charge >= 0.3 is 0 Å². The van der Waals surface area contributed by atoms with Gasteiger partial charge in [0.2, 0.25) is 0 Å². The van der Waals surface area contributed by atoms with Crippen molar-refractivity contribution in [1.29, 1.82) is 5.26 Å². The summed E-state index contributed by atoms with van der Waals surface area (Å²) >= 11 is 0. The van der Waals surface area contributed by atoms with Gasteiger partial charge in [-0.05, 0) is 31.7 Å². The molecule has 0 aliphatic rings. The third-order valence-corrected chi connectivity index (χ3v) is 2.40. The van der Waals surface area contributed by atoms with Crippen molar-refractivity contribution in [2.24, 2.45) is 5.41 Å². The van der Waals surface area contributed by atoms with Crippen LogP contribution in [-0.4, -0.2) is 25.3 Å². The third-order valence-electron chi connectivity index (χ3n) is 2.40. The van der Waals surface area contributed by atoms with E-state index in [1.807, 2.05) is 6.92 Å². The molecule has 0 aliphatic heterocycles. The maximum absolute atomic E-state index is 9.08. The Labute approximate surface area is 100 Å². The van der Waals surface area contributed by atoms with E-state index in [1.54, 1.807) is 0 Å². The Bertz CT molecular complexity index is 227. The zero-order valence-corrected chi connectivity index (χ0v) is 11.4. The lowest BCUT2D eigenvalue weighted by Gasteiger charge is -2.24. The highest BCUT2D eigenvalue weighted by Gasteiger charge is 2.23. The van der Waals surface area contributed by atoms with Crippen LogP contribution in [0.5, 0.6) is 0 Å². The molecule has 0 saturated heterocycles. The van der Waals surface area contributed by atoms with Crippen LogP contribution in [0.2, 0.25) is 0 Å². The van der Waals surface area contributed by atoms with Crippen LogP contribution in [0, 0.1) is 16.7 Å². The van der Waals surface area contributed by atoms with Gasteiger partial charge in [0.1, 0.15) is 5.54 Å². The molecule has 1 unspecified atom stereocenters. The fraction of sp³-hybridized carbons (Fsp3) is 0.923. The fourth-order valence-electron chi connectivity index (χ4n) is 1.18. The van der Waals surface area contributed by atoms with Crippen LogP contribution in [0.4, 0.5) is 0 Å². The maximum atomic E-state index is 9.08. The predicted molar refractivity (Wildman–Crippen MR) is 67.2 cm³/mol. The van der Waals surface area contributed by atoms with Crippen LogP contribution in [0.1, 0.15) is 47.5 Å². The molecule has 0 radical (unpaired) electrons. The highest BCUT2D eigenvalue weighted by Crippen LogP contribution is 2.18. The van der Waals surface area contributed by atoms with Crippen LogP contribution in [0.15, 0.2) is 0 Å². The van der Waals surface area contributed by atoms with Crippen molar-refractivity contribution in [2.75, 3.05) is 19.8 Å². The molecule has 0 heterocycles. The van der Waals surface area contributed by atoms with Gasteiger partial charge in [0, 0.05) is 6.61 Å². The Morgan fingerprint density at radius 2 is 1.88 bits per heavy atom. The van der Waals surface area contributed by atoms with Crippen molar-refractivity contribution in [3.8, 4) is 6.07 Å². The van der Waals surface area contributed by atoms with Gasteiger partial charge in [0.15, 0.2) is 0 Å². The monoisotopic (exact) mass is 226 g/mol. The van der Waals surface area contributed by atoms with E-state index in [0.29, 0.717) is 18.6 Å². The van der Waals surface area contributed by atoms with Gasteiger partial charge in [0.25, 0.3) is 0 Å². The van der Waals surface area contributed by atoms with Crippen molar-refractivity contribution in [1.82, 2.24) is 5.32 Å². The molecule has 0 bridgehead atoms. The Morgan fingerprint density at radius 3 is 2.31 bits per heavy atom. The van der Waals surface area contributed by atoms with Crippen LogP contribution in [0.3, 0.4) is 0 Å². The summed E-state index contributed by atoms with van der Waals surface area (Å²) in [5, 5.41) is 12.3. The van der Waals surface area contributed by atoms with Crippen LogP contribution >= 0.6 is 0 Å². The molecule has 3 heteroatoms. The van der Waals surface area contributed by atoms with Gasteiger partial charge in [-0.15, -0.1) is 0 Å². The van der Waals surface area contributed by atoms with Crippen molar-refractivity contribution in [2.45, 2.75) is 53.0 Å². The average Bonchev–Trinajstić information content (AvgIpc) is 2.20. The molecule has 0 saturated carbocycles. The maximum Gasteiger partial charge on any atom is 0.127 e. The highest BCUT2D eigenvalue weighted by molar-refractivity contribution is 5.03. The minimum absolute atomic E-state index is 0.292. The lowest BCUT2D eigenvalue weighted by Crippen LogP contribution is -2.45.